The molecule has 1 nitrogen and oxygen atoms in total. The number of fused-ring (bicyclic) bond motifs is 3. The maximum Gasteiger partial charge on any atom is -1.00 e. The molecule has 4 heteroatoms. The van der Waals surface area contributed by atoms with Crippen LogP contribution in [0.4, 0.5) is 0 Å². The molecule has 0 saturated heterocycles. The predicted octanol–water partition coefficient (Wildman–Crippen LogP) is 0.955. The van der Waals surface area contributed by atoms with E-state index in [9.17, 15) is 0 Å². The van der Waals surface area contributed by atoms with Gasteiger partial charge in [0.25, 0.3) is 0 Å². The fourth-order valence-electron chi connectivity index (χ4n) is 4.84. The quantitative estimate of drug-likeness (QED) is 0.394. The van der Waals surface area contributed by atoms with Crippen LogP contribution in [-0.2, 0) is 17.7 Å². The summed E-state index contributed by atoms with van der Waals surface area (Å²) in [5.41, 5.74) is 8.45. The van der Waals surface area contributed by atoms with E-state index in [4.69, 9.17) is 0 Å². The van der Waals surface area contributed by atoms with E-state index < -0.39 is 17.7 Å². The Hall–Kier alpha value is -2.00. The van der Waals surface area contributed by atoms with Crippen LogP contribution in [0.25, 0.3) is 11.1 Å². The monoisotopic (exact) mass is 521 g/mol. The van der Waals surface area contributed by atoms with Crippen molar-refractivity contribution in [2.75, 3.05) is 0 Å². The molecule has 0 saturated carbocycles. The molecule has 0 fully saturated rings. The van der Waals surface area contributed by atoms with E-state index >= 15 is 0 Å². The molecular formula is C30H29Cl2NTi. The smallest absolute Gasteiger partial charge is 1.00 e. The minimum absolute atomic E-state index is 0. The van der Waals surface area contributed by atoms with Gasteiger partial charge in [-0.25, -0.2) is 0 Å². The van der Waals surface area contributed by atoms with Crippen molar-refractivity contribution >= 4 is 3.81 Å². The first-order valence-corrected chi connectivity index (χ1v) is 13.8. The van der Waals surface area contributed by atoms with E-state index in [1.165, 1.54) is 37.2 Å². The predicted molar refractivity (Wildman–Crippen MR) is 133 cm³/mol. The average Bonchev–Trinajstić information content (AvgIpc) is 3.14. The van der Waals surface area contributed by atoms with E-state index in [1.54, 1.807) is 0 Å². The van der Waals surface area contributed by atoms with E-state index in [-0.39, 0.29) is 30.4 Å². The molecule has 0 radical (unpaired) electrons. The van der Waals surface area contributed by atoms with Crippen molar-refractivity contribution < 1.29 is 42.5 Å². The van der Waals surface area contributed by atoms with E-state index in [2.05, 4.69) is 134 Å². The van der Waals surface area contributed by atoms with E-state index in [0.29, 0.717) is 4.22 Å². The molecule has 1 aliphatic carbocycles. The van der Waals surface area contributed by atoms with E-state index in [0.717, 1.165) is 0 Å². The largest absolute Gasteiger partial charge is 1.00 e. The zero-order valence-electron chi connectivity index (χ0n) is 19.7. The van der Waals surface area contributed by atoms with E-state index in [1.807, 2.05) is 0 Å². The molecule has 0 atom stereocenters. The molecule has 0 amide bonds. The molecule has 1 aliphatic rings. The van der Waals surface area contributed by atoms with Gasteiger partial charge in [-0.05, 0) is 0 Å². The van der Waals surface area contributed by atoms with Gasteiger partial charge >= 0.3 is 198 Å². The van der Waals surface area contributed by atoms with Crippen molar-refractivity contribution in [1.82, 2.24) is 3.80 Å². The Balaban J connectivity index is 0.00000162. The fraction of sp³-hybridized carbons (Fsp3) is 0.167. The third-order valence-electron chi connectivity index (χ3n) is 6.03. The minimum atomic E-state index is -2.17. The Morgan fingerprint density at radius 1 is 0.588 bits per heavy atom. The third kappa shape index (κ3) is 5.30. The van der Waals surface area contributed by atoms with Crippen molar-refractivity contribution in [2.24, 2.45) is 0 Å². The van der Waals surface area contributed by atoms with Crippen molar-refractivity contribution in [1.29, 1.82) is 0 Å². The molecule has 0 bridgehead atoms. The summed E-state index contributed by atoms with van der Waals surface area (Å²) in [7, 11) is 0. The van der Waals surface area contributed by atoms with Gasteiger partial charge in [-0.2, -0.15) is 0 Å². The fourth-order valence-corrected chi connectivity index (χ4v) is 10.2. The second-order valence-electron chi connectivity index (χ2n) is 9.50. The van der Waals surface area contributed by atoms with Crippen LogP contribution in [0.3, 0.4) is 0 Å². The summed E-state index contributed by atoms with van der Waals surface area (Å²) in [5.74, 6) is 0. The van der Waals surface area contributed by atoms with Gasteiger partial charge in [0.15, 0.2) is 0 Å². The Morgan fingerprint density at radius 3 is 1.38 bits per heavy atom. The van der Waals surface area contributed by atoms with Crippen LogP contribution in [0, 0.1) is 0 Å². The summed E-state index contributed by atoms with van der Waals surface area (Å²) >= 11 is -2.17. The maximum absolute atomic E-state index is 4.21. The van der Waals surface area contributed by atoms with Gasteiger partial charge in [-0.1, -0.05) is 0 Å². The molecule has 4 aromatic carbocycles. The molecule has 34 heavy (non-hydrogen) atoms. The Morgan fingerprint density at radius 2 is 0.971 bits per heavy atom. The van der Waals surface area contributed by atoms with Crippen molar-refractivity contribution in [2.45, 2.75) is 30.5 Å². The zero-order valence-corrected chi connectivity index (χ0v) is 22.8. The molecule has 0 heterocycles. The van der Waals surface area contributed by atoms with Crippen LogP contribution in [0.1, 0.15) is 47.2 Å². The standard InChI is InChI=1S/C13H9.C13H10.C4H10N.2ClH.Ti/c1-3-7-12-10(5-1)9-11-6-2-4-8-13(11)12;1-3-7-12(8-4-1)11-13-9-5-2-6-10-13;1-4(2,3)5;;;/h1-9H;1-10H;5H,1-3H3;2*1H;/q;;-1;;;+3/p-2. The molecule has 0 unspecified atom stereocenters. The van der Waals surface area contributed by atoms with Gasteiger partial charge in [0.1, 0.15) is 0 Å². The van der Waals surface area contributed by atoms with Gasteiger partial charge in [-0.15, -0.1) is 0 Å². The normalized spacial score (nSPS) is 11.8. The molecule has 0 spiro atoms. The summed E-state index contributed by atoms with van der Waals surface area (Å²) in [4.78, 5) is 0. The van der Waals surface area contributed by atoms with Crippen LogP contribution in [0.2, 0.25) is 0 Å². The Kier molecular flexibility index (Phi) is 8.74. The van der Waals surface area contributed by atoms with Gasteiger partial charge in [0, 0.05) is 0 Å². The first-order valence-electron chi connectivity index (χ1n) is 11.3. The van der Waals surface area contributed by atoms with Crippen LogP contribution in [0.5, 0.6) is 0 Å². The third-order valence-corrected chi connectivity index (χ3v) is 11.2. The summed E-state index contributed by atoms with van der Waals surface area (Å²) < 4.78 is 6.12. The average molecular weight is 522 g/mol. The summed E-state index contributed by atoms with van der Waals surface area (Å²) in [5, 5.41) is 0. The van der Waals surface area contributed by atoms with Gasteiger partial charge in [0.2, 0.25) is 0 Å². The Labute approximate surface area is 222 Å². The molecule has 1 N–H and O–H groups in total. The first-order chi connectivity index (χ1) is 15.5. The number of nitrogens with one attached hydrogen (secondary N) is 1. The van der Waals surface area contributed by atoms with Crippen molar-refractivity contribution in [3.05, 3.63) is 131 Å². The van der Waals surface area contributed by atoms with Gasteiger partial charge < -0.3 is 24.8 Å². The summed E-state index contributed by atoms with van der Waals surface area (Å²) in [6.07, 6.45) is 0. The zero-order chi connectivity index (χ0) is 22.1. The first kappa shape index (κ1) is 26.6. The molecule has 172 valence electrons. The van der Waals surface area contributed by atoms with Crippen molar-refractivity contribution in [3.8, 4) is 11.1 Å². The van der Waals surface area contributed by atoms with Crippen LogP contribution in [-0.4, -0.2) is 9.35 Å². The molecule has 0 aliphatic heterocycles. The summed E-state index contributed by atoms with van der Waals surface area (Å²) in [6, 6.07) is 40.1. The second kappa shape index (κ2) is 11.2. The second-order valence-corrected chi connectivity index (χ2v) is 12.9. The number of hydrogen-bond acceptors (Lipinski definition) is 1. The van der Waals surface area contributed by atoms with Crippen LogP contribution in [0.15, 0.2) is 109 Å². The topological polar surface area (TPSA) is 12.0 Å². The Bertz CT molecular complexity index is 1190. The number of halogens is 2. The molecule has 4 aromatic rings. The van der Waals surface area contributed by atoms with Gasteiger partial charge in [-0.3, -0.25) is 0 Å². The number of rotatable bonds is 4. The molecule has 5 rings (SSSR count). The molecule has 0 aromatic heterocycles. The SMILES string of the molecule is CC(C)(C)[NH][Ti+2](=[C](c1ccccc1)c1ccccc1)[CH]1c2ccccc2-c2ccccc21.[Cl-].[Cl-]. The minimum Gasteiger partial charge on any atom is -1.00 e. The molecular weight excluding hydrogens is 493 g/mol. The number of benzene rings is 4. The van der Waals surface area contributed by atoms with Crippen LogP contribution < -0.4 is 28.6 Å². The van der Waals surface area contributed by atoms with Crippen molar-refractivity contribution in [3.63, 3.8) is 0 Å². The maximum atomic E-state index is 4.21. The summed E-state index contributed by atoms with van der Waals surface area (Å²) in [6.45, 7) is 6.92. The van der Waals surface area contributed by atoms with Gasteiger partial charge in [0.05, 0.1) is 0 Å². The number of hydrogen-bond donors (Lipinski definition) is 1. The van der Waals surface area contributed by atoms with Crippen LogP contribution >= 0.6 is 0 Å².